The molecule has 18 heteroatoms. The quantitative estimate of drug-likeness (QED) is 0.103. The predicted octanol–water partition coefficient (Wildman–Crippen LogP) is 10.9. The van der Waals surface area contributed by atoms with Crippen LogP contribution in [-0.4, -0.2) is 60.6 Å². The maximum atomic E-state index is 13.1. The van der Waals surface area contributed by atoms with Crippen molar-refractivity contribution in [3.8, 4) is 22.9 Å². The van der Waals surface area contributed by atoms with Gasteiger partial charge in [-0.3, -0.25) is 9.13 Å². The lowest BCUT2D eigenvalue weighted by Gasteiger charge is -2.18. The van der Waals surface area contributed by atoms with Crippen LogP contribution in [0.3, 0.4) is 0 Å². The number of ether oxygens (including phenoxy) is 2. The Morgan fingerprint density at radius 2 is 0.903 bits per heavy atom. The Bertz CT molecular complexity index is 2530. The van der Waals surface area contributed by atoms with Gasteiger partial charge in [-0.05, 0) is 117 Å². The Morgan fingerprint density at radius 1 is 0.548 bits per heavy atom. The molecule has 0 aliphatic heterocycles. The molecule has 0 amide bonds. The maximum absolute atomic E-state index is 13.1. The molecule has 2 aromatic heterocycles. The van der Waals surface area contributed by atoms with Gasteiger partial charge in [-0.25, -0.2) is 16.8 Å². The predicted molar refractivity (Wildman–Crippen MR) is 249 cm³/mol. The first-order valence-electron chi connectivity index (χ1n) is 20.2. The van der Waals surface area contributed by atoms with Gasteiger partial charge in [-0.15, -0.1) is 20.4 Å². The first-order chi connectivity index (χ1) is 29.8. The Balaban J connectivity index is 0.000000186. The van der Waals surface area contributed by atoms with E-state index >= 15 is 0 Å². The lowest BCUT2D eigenvalue weighted by Crippen LogP contribution is -2.15. The summed E-state index contributed by atoms with van der Waals surface area (Å²) in [6.45, 7) is 0. The van der Waals surface area contributed by atoms with E-state index in [4.69, 9.17) is 32.7 Å². The van der Waals surface area contributed by atoms with Crippen molar-refractivity contribution in [3.05, 3.63) is 138 Å². The molecule has 0 unspecified atom stereocenters. The molecule has 2 fully saturated rings. The summed E-state index contributed by atoms with van der Waals surface area (Å²) in [7, 11) is -3.79. The average Bonchev–Trinajstić information content (AvgIpc) is 4.08. The molecule has 4 aromatic carbocycles. The van der Waals surface area contributed by atoms with E-state index in [2.05, 4.69) is 52.3 Å². The molecule has 62 heavy (non-hydrogen) atoms. The van der Waals surface area contributed by atoms with Gasteiger partial charge >= 0.3 is 0 Å². The SMILES string of the molecule is COc1cccc(Br)c1-n1c(CS(=O)(=O)Cc2ccc(Cl)cc2)nnc1C1CCCC1.COc1cccc(Br)c1-n1c(CS(=O)(=O)Cc2ccc(Cl)cc2)nnc1C1CCCC1. The lowest BCUT2D eigenvalue weighted by atomic mass is 10.1. The molecule has 2 saturated carbocycles. The largest absolute Gasteiger partial charge is 0.495 e. The van der Waals surface area contributed by atoms with Crippen LogP contribution < -0.4 is 9.47 Å². The molecule has 12 nitrogen and oxygen atoms in total. The minimum atomic E-state index is -3.50. The molecule has 6 aromatic rings. The van der Waals surface area contributed by atoms with Crippen molar-refractivity contribution in [2.45, 2.75) is 86.2 Å². The minimum Gasteiger partial charge on any atom is -0.495 e. The van der Waals surface area contributed by atoms with Crippen molar-refractivity contribution in [1.82, 2.24) is 29.5 Å². The standard InChI is InChI=1S/2C22H23BrClN3O3S/c2*1-30-19-8-4-7-18(23)21(19)27-20(25-26-22(27)16-5-2-3-6-16)14-31(28,29)13-15-9-11-17(24)12-10-15/h2*4,7-12,16H,2-3,5-6,13-14H2,1H3. The number of nitrogens with zero attached hydrogens (tertiary/aromatic N) is 6. The van der Waals surface area contributed by atoms with E-state index in [-0.39, 0.29) is 34.8 Å². The van der Waals surface area contributed by atoms with Crippen molar-refractivity contribution < 1.29 is 26.3 Å². The topological polar surface area (TPSA) is 148 Å². The zero-order valence-corrected chi connectivity index (χ0v) is 40.5. The number of methoxy groups -OCH3 is 2. The number of halogens is 4. The molecule has 0 bridgehead atoms. The zero-order valence-electron chi connectivity index (χ0n) is 34.2. The molecular formula is C44H46Br2Cl2N6O6S2. The van der Waals surface area contributed by atoms with Crippen molar-refractivity contribution in [2.75, 3.05) is 14.2 Å². The summed E-state index contributed by atoms with van der Waals surface area (Å²) in [5.74, 6) is 3.48. The van der Waals surface area contributed by atoms with Gasteiger partial charge in [0, 0.05) is 30.8 Å². The van der Waals surface area contributed by atoms with E-state index in [1.165, 1.54) is 0 Å². The number of aromatic nitrogens is 6. The lowest BCUT2D eigenvalue weighted by molar-refractivity contribution is 0.411. The summed E-state index contributed by atoms with van der Waals surface area (Å²) < 4.78 is 68.7. The van der Waals surface area contributed by atoms with Crippen LogP contribution >= 0.6 is 55.1 Å². The first kappa shape index (κ1) is 46.2. The van der Waals surface area contributed by atoms with Crippen LogP contribution in [-0.2, 0) is 42.7 Å². The first-order valence-corrected chi connectivity index (χ1v) is 26.2. The minimum absolute atomic E-state index is 0.0944. The highest BCUT2D eigenvalue weighted by atomic mass is 79.9. The fraction of sp³-hybridized carbons (Fsp3) is 0.364. The van der Waals surface area contributed by atoms with E-state index in [0.717, 1.165) is 83.3 Å². The Kier molecular flexibility index (Phi) is 15.2. The van der Waals surface area contributed by atoms with Gasteiger partial charge in [0.15, 0.2) is 31.3 Å². The fourth-order valence-electron chi connectivity index (χ4n) is 8.15. The Labute approximate surface area is 389 Å². The molecule has 0 N–H and O–H groups in total. The van der Waals surface area contributed by atoms with E-state index in [9.17, 15) is 16.8 Å². The van der Waals surface area contributed by atoms with E-state index in [0.29, 0.717) is 44.3 Å². The molecule has 0 saturated heterocycles. The molecule has 2 aliphatic rings. The van der Waals surface area contributed by atoms with Crippen molar-refractivity contribution in [3.63, 3.8) is 0 Å². The molecule has 0 spiro atoms. The van der Waals surface area contributed by atoms with E-state index in [1.807, 2.05) is 45.5 Å². The smallest absolute Gasteiger partial charge is 0.161 e. The third-order valence-electron chi connectivity index (χ3n) is 11.0. The van der Waals surface area contributed by atoms with Gasteiger partial charge in [0.1, 0.15) is 46.0 Å². The number of benzene rings is 4. The number of rotatable bonds is 14. The van der Waals surface area contributed by atoms with Gasteiger partial charge < -0.3 is 9.47 Å². The van der Waals surface area contributed by atoms with Crippen molar-refractivity contribution in [2.24, 2.45) is 0 Å². The second-order valence-electron chi connectivity index (χ2n) is 15.5. The molecule has 0 atom stereocenters. The molecule has 0 radical (unpaired) electrons. The summed E-state index contributed by atoms with van der Waals surface area (Å²) in [6.07, 6.45) is 8.60. The van der Waals surface area contributed by atoms with Crippen molar-refractivity contribution >= 4 is 74.7 Å². The van der Waals surface area contributed by atoms with Gasteiger partial charge in [-0.2, -0.15) is 0 Å². The number of sulfone groups is 2. The third-order valence-corrected chi connectivity index (χ3v) is 15.8. The van der Waals surface area contributed by atoms with Gasteiger partial charge in [0.2, 0.25) is 0 Å². The van der Waals surface area contributed by atoms with Crippen LogP contribution in [0.25, 0.3) is 11.4 Å². The van der Waals surface area contributed by atoms with Crippen LogP contribution in [0.4, 0.5) is 0 Å². The monoisotopic (exact) mass is 1050 g/mol. The second kappa shape index (κ2) is 20.4. The fourth-order valence-corrected chi connectivity index (χ4v) is 12.2. The summed E-state index contributed by atoms with van der Waals surface area (Å²) in [5.41, 5.74) is 2.83. The number of para-hydroxylation sites is 2. The molecule has 2 aliphatic carbocycles. The highest BCUT2D eigenvalue weighted by Crippen LogP contribution is 2.41. The van der Waals surface area contributed by atoms with Crippen LogP contribution in [0.5, 0.6) is 11.5 Å². The molecule has 2 heterocycles. The maximum Gasteiger partial charge on any atom is 0.161 e. The third kappa shape index (κ3) is 11.1. The second-order valence-corrected chi connectivity index (χ2v) is 22.2. The number of hydrogen-bond donors (Lipinski definition) is 0. The van der Waals surface area contributed by atoms with Crippen LogP contribution in [0, 0.1) is 0 Å². The van der Waals surface area contributed by atoms with Gasteiger partial charge in [0.05, 0.1) is 25.7 Å². The summed E-state index contributed by atoms with van der Waals surface area (Å²) >= 11 is 19.1. The van der Waals surface area contributed by atoms with Crippen LogP contribution in [0.2, 0.25) is 10.0 Å². The average molecular weight is 1050 g/mol. The summed E-state index contributed by atoms with van der Waals surface area (Å²) in [6, 6.07) is 25.0. The molecular weight excluding hydrogens is 1000 g/mol. The van der Waals surface area contributed by atoms with Crippen LogP contribution in [0.1, 0.15) is 97.6 Å². The Hall–Kier alpha value is -3.80. The number of hydrogen-bond acceptors (Lipinski definition) is 10. The van der Waals surface area contributed by atoms with Crippen LogP contribution in [0.15, 0.2) is 93.9 Å². The molecule has 328 valence electrons. The highest BCUT2D eigenvalue weighted by Gasteiger charge is 2.31. The van der Waals surface area contributed by atoms with Gasteiger partial charge in [-0.1, -0.05) is 85.3 Å². The summed E-state index contributed by atoms with van der Waals surface area (Å²) in [4.78, 5) is 0. The van der Waals surface area contributed by atoms with Crippen molar-refractivity contribution in [1.29, 1.82) is 0 Å². The normalized spacial score (nSPS) is 14.8. The molecule has 8 rings (SSSR count). The zero-order chi connectivity index (χ0) is 44.0. The Morgan fingerprint density at radius 3 is 1.24 bits per heavy atom. The van der Waals surface area contributed by atoms with E-state index < -0.39 is 19.7 Å². The van der Waals surface area contributed by atoms with E-state index in [1.54, 1.807) is 62.8 Å². The van der Waals surface area contributed by atoms with Gasteiger partial charge in [0.25, 0.3) is 0 Å². The summed E-state index contributed by atoms with van der Waals surface area (Å²) in [5, 5.41) is 18.7. The highest BCUT2D eigenvalue weighted by molar-refractivity contribution is 9.11.